The average Bonchev–Trinajstić information content (AvgIpc) is 2.37. The lowest BCUT2D eigenvalue weighted by Gasteiger charge is -2.32. The van der Waals surface area contributed by atoms with E-state index in [0.717, 1.165) is 19.1 Å². The van der Waals surface area contributed by atoms with E-state index in [1.165, 1.54) is 51.7 Å². The van der Waals surface area contributed by atoms with Gasteiger partial charge in [0, 0.05) is 19.7 Å². The van der Waals surface area contributed by atoms with E-state index in [4.69, 9.17) is 4.74 Å². The van der Waals surface area contributed by atoms with Crippen LogP contribution >= 0.6 is 0 Å². The molecule has 1 fully saturated rings. The fraction of sp³-hybridized carbons (Fsp3) is 1.00. The Bertz CT molecular complexity index is 197. The molecule has 0 aliphatic carbocycles. The molecule has 2 unspecified atom stereocenters. The van der Waals surface area contributed by atoms with Gasteiger partial charge in [0.25, 0.3) is 0 Å². The number of hydrogen-bond donors (Lipinski definition) is 1. The number of ether oxygens (including phenoxy) is 1. The van der Waals surface area contributed by atoms with Crippen molar-refractivity contribution in [2.24, 2.45) is 5.92 Å². The molecule has 1 rings (SSSR count). The number of rotatable bonds is 9. The van der Waals surface area contributed by atoms with Crippen LogP contribution in [0.4, 0.5) is 0 Å². The highest BCUT2D eigenvalue weighted by Crippen LogP contribution is 2.17. The Morgan fingerprint density at radius 3 is 3.00 bits per heavy atom. The molecule has 108 valence electrons. The number of hydrogen-bond acceptors (Lipinski definition) is 3. The molecule has 3 nitrogen and oxygen atoms in total. The van der Waals surface area contributed by atoms with E-state index < -0.39 is 0 Å². The maximum atomic E-state index is 5.28. The minimum Gasteiger partial charge on any atom is -0.384 e. The maximum absolute atomic E-state index is 5.28. The van der Waals surface area contributed by atoms with Crippen molar-refractivity contribution < 1.29 is 4.74 Å². The van der Waals surface area contributed by atoms with Crippen LogP contribution < -0.4 is 5.32 Å². The van der Waals surface area contributed by atoms with Crippen molar-refractivity contribution in [2.45, 2.75) is 52.0 Å². The molecule has 0 bridgehead atoms. The fourth-order valence-electron chi connectivity index (χ4n) is 2.84. The predicted molar refractivity (Wildman–Crippen MR) is 78.0 cm³/mol. The number of nitrogens with zero attached hydrogens (tertiary/aromatic N) is 1. The first-order valence-corrected chi connectivity index (χ1v) is 7.71. The van der Waals surface area contributed by atoms with Gasteiger partial charge in [0.2, 0.25) is 0 Å². The Morgan fingerprint density at radius 1 is 1.44 bits per heavy atom. The third-order valence-electron chi connectivity index (χ3n) is 3.86. The van der Waals surface area contributed by atoms with Gasteiger partial charge in [-0.3, -0.25) is 0 Å². The Labute approximate surface area is 113 Å². The molecular formula is C15H32N2O. The van der Waals surface area contributed by atoms with Gasteiger partial charge in [0.1, 0.15) is 0 Å². The zero-order valence-corrected chi connectivity index (χ0v) is 12.6. The number of methoxy groups -OCH3 is 1. The van der Waals surface area contributed by atoms with Crippen molar-refractivity contribution in [3.8, 4) is 0 Å². The second-order valence-corrected chi connectivity index (χ2v) is 5.76. The first-order chi connectivity index (χ1) is 8.76. The van der Waals surface area contributed by atoms with Crippen molar-refractivity contribution in [2.75, 3.05) is 39.9 Å². The molecule has 0 aromatic heterocycles. The van der Waals surface area contributed by atoms with Gasteiger partial charge < -0.3 is 15.0 Å². The molecule has 0 spiro atoms. The smallest absolute Gasteiger partial charge is 0.0502 e. The van der Waals surface area contributed by atoms with Gasteiger partial charge in [-0.15, -0.1) is 0 Å². The van der Waals surface area contributed by atoms with E-state index >= 15 is 0 Å². The van der Waals surface area contributed by atoms with E-state index in [-0.39, 0.29) is 0 Å². The van der Waals surface area contributed by atoms with Gasteiger partial charge in [0.15, 0.2) is 0 Å². The lowest BCUT2D eigenvalue weighted by molar-refractivity contribution is 0.0895. The Balaban J connectivity index is 2.07. The Hall–Kier alpha value is -0.120. The summed E-state index contributed by atoms with van der Waals surface area (Å²) in [7, 11) is 1.82. The van der Waals surface area contributed by atoms with Gasteiger partial charge in [-0.2, -0.15) is 0 Å². The molecule has 0 aromatic carbocycles. The Morgan fingerprint density at radius 2 is 2.28 bits per heavy atom. The third kappa shape index (κ3) is 6.72. The monoisotopic (exact) mass is 256 g/mol. The quantitative estimate of drug-likeness (QED) is 0.686. The molecule has 2 atom stereocenters. The summed E-state index contributed by atoms with van der Waals surface area (Å²) in [5, 5.41) is 3.56. The lowest BCUT2D eigenvalue weighted by atomic mass is 9.98. The Kier molecular flexibility index (Phi) is 8.64. The van der Waals surface area contributed by atoms with Crippen molar-refractivity contribution in [3.63, 3.8) is 0 Å². The molecular weight excluding hydrogens is 224 g/mol. The second-order valence-electron chi connectivity index (χ2n) is 5.76. The van der Waals surface area contributed by atoms with E-state index in [1.807, 2.05) is 7.11 Å². The number of nitrogens with one attached hydrogen (secondary N) is 1. The topological polar surface area (TPSA) is 24.5 Å². The highest BCUT2D eigenvalue weighted by molar-refractivity contribution is 4.73. The summed E-state index contributed by atoms with van der Waals surface area (Å²) in [5.74, 6) is 0.763. The SMILES string of the molecule is CCCNC(C)CCCN1CCCC(COC)C1. The van der Waals surface area contributed by atoms with Crippen LogP contribution in [0.1, 0.15) is 46.0 Å². The minimum absolute atomic E-state index is 0.671. The molecule has 1 saturated heterocycles. The molecule has 0 aromatic rings. The number of piperidine rings is 1. The van der Waals surface area contributed by atoms with Crippen LogP contribution in [-0.2, 0) is 4.74 Å². The molecule has 3 heteroatoms. The predicted octanol–water partition coefficient (Wildman–Crippen LogP) is 2.51. The molecule has 0 saturated carbocycles. The normalized spacial score (nSPS) is 23.2. The molecule has 1 aliphatic rings. The zero-order chi connectivity index (χ0) is 13.2. The molecule has 1 heterocycles. The van der Waals surface area contributed by atoms with Gasteiger partial charge in [-0.25, -0.2) is 0 Å². The summed E-state index contributed by atoms with van der Waals surface area (Å²) in [6.07, 6.45) is 6.54. The minimum atomic E-state index is 0.671. The summed E-state index contributed by atoms with van der Waals surface area (Å²) < 4.78 is 5.28. The largest absolute Gasteiger partial charge is 0.384 e. The van der Waals surface area contributed by atoms with E-state index in [1.54, 1.807) is 0 Å². The summed E-state index contributed by atoms with van der Waals surface area (Å²) in [6.45, 7) is 10.4. The zero-order valence-electron chi connectivity index (χ0n) is 12.6. The number of likely N-dealkylation sites (tertiary alicyclic amines) is 1. The van der Waals surface area contributed by atoms with Gasteiger partial charge in [-0.05, 0) is 64.6 Å². The second kappa shape index (κ2) is 9.76. The van der Waals surface area contributed by atoms with Crippen LogP contribution in [0, 0.1) is 5.92 Å². The van der Waals surface area contributed by atoms with Crippen molar-refractivity contribution in [3.05, 3.63) is 0 Å². The van der Waals surface area contributed by atoms with Crippen LogP contribution in [0.2, 0.25) is 0 Å². The van der Waals surface area contributed by atoms with Gasteiger partial charge >= 0.3 is 0 Å². The van der Waals surface area contributed by atoms with E-state index in [9.17, 15) is 0 Å². The van der Waals surface area contributed by atoms with E-state index in [0.29, 0.717) is 6.04 Å². The molecule has 0 amide bonds. The average molecular weight is 256 g/mol. The third-order valence-corrected chi connectivity index (χ3v) is 3.86. The highest BCUT2D eigenvalue weighted by atomic mass is 16.5. The van der Waals surface area contributed by atoms with Crippen LogP contribution in [0.5, 0.6) is 0 Å². The summed E-state index contributed by atoms with van der Waals surface area (Å²) in [5.41, 5.74) is 0. The first-order valence-electron chi connectivity index (χ1n) is 7.71. The van der Waals surface area contributed by atoms with Crippen molar-refractivity contribution >= 4 is 0 Å². The van der Waals surface area contributed by atoms with Crippen LogP contribution in [0.3, 0.4) is 0 Å². The molecule has 1 N–H and O–H groups in total. The van der Waals surface area contributed by atoms with Crippen LogP contribution in [0.15, 0.2) is 0 Å². The maximum Gasteiger partial charge on any atom is 0.0502 e. The summed E-state index contributed by atoms with van der Waals surface area (Å²) in [4.78, 5) is 2.62. The molecule has 0 radical (unpaired) electrons. The van der Waals surface area contributed by atoms with Gasteiger partial charge in [0.05, 0.1) is 6.61 Å². The standard InChI is InChI=1S/C15H32N2O/c1-4-9-16-14(2)7-5-10-17-11-6-8-15(12-17)13-18-3/h14-16H,4-13H2,1-3H3. The van der Waals surface area contributed by atoms with Crippen LogP contribution in [-0.4, -0.2) is 50.8 Å². The summed E-state index contributed by atoms with van der Waals surface area (Å²) >= 11 is 0. The fourth-order valence-corrected chi connectivity index (χ4v) is 2.84. The first kappa shape index (κ1) is 15.9. The molecule has 18 heavy (non-hydrogen) atoms. The van der Waals surface area contributed by atoms with Crippen molar-refractivity contribution in [1.82, 2.24) is 10.2 Å². The molecule has 1 aliphatic heterocycles. The lowest BCUT2D eigenvalue weighted by Crippen LogP contribution is -2.38. The summed E-state index contributed by atoms with van der Waals surface area (Å²) in [6, 6.07) is 0.671. The van der Waals surface area contributed by atoms with Crippen molar-refractivity contribution in [1.29, 1.82) is 0 Å². The highest BCUT2D eigenvalue weighted by Gasteiger charge is 2.19. The van der Waals surface area contributed by atoms with Gasteiger partial charge in [-0.1, -0.05) is 6.92 Å². The van der Waals surface area contributed by atoms with E-state index in [2.05, 4.69) is 24.1 Å². The van der Waals surface area contributed by atoms with Crippen LogP contribution in [0.25, 0.3) is 0 Å².